The molecule has 164 valence electrons. The first kappa shape index (κ1) is 21.0. The van der Waals surface area contributed by atoms with Crippen molar-refractivity contribution in [3.05, 3.63) is 42.6 Å². The van der Waals surface area contributed by atoms with E-state index in [9.17, 15) is 4.39 Å². The normalized spacial score (nSPS) is 14.8. The quantitative estimate of drug-likeness (QED) is 0.647. The van der Waals surface area contributed by atoms with E-state index >= 15 is 0 Å². The molecule has 0 unspecified atom stereocenters. The standard InChI is InChI=1S/C22H28FN7O/c1-15(2)30-14-16(12-25-30)21-18(23)13-24-22(27-21)26-17-5-6-19(20(11-17)31-4)29-9-7-28(3)8-10-29/h5-6,11-15H,7-10H2,1-4H3,(H,24,26,27). The van der Waals surface area contributed by atoms with Crippen molar-refractivity contribution in [1.82, 2.24) is 24.6 Å². The largest absolute Gasteiger partial charge is 0.495 e. The molecule has 3 aromatic rings. The fourth-order valence-corrected chi connectivity index (χ4v) is 3.57. The average molecular weight is 426 g/mol. The SMILES string of the molecule is COc1cc(Nc2ncc(F)c(-c3cnn(C(C)C)c3)n2)ccc1N1CCN(C)CC1. The van der Waals surface area contributed by atoms with E-state index in [1.54, 1.807) is 24.2 Å². The Morgan fingerprint density at radius 2 is 1.90 bits per heavy atom. The number of piperazine rings is 1. The van der Waals surface area contributed by atoms with E-state index in [1.165, 1.54) is 6.20 Å². The second-order valence-electron chi connectivity index (χ2n) is 7.99. The molecule has 1 N–H and O–H groups in total. The molecule has 0 radical (unpaired) electrons. The van der Waals surface area contributed by atoms with E-state index in [2.05, 4.69) is 37.2 Å². The van der Waals surface area contributed by atoms with Crippen LogP contribution in [0.3, 0.4) is 0 Å². The van der Waals surface area contributed by atoms with Crippen LogP contribution >= 0.6 is 0 Å². The van der Waals surface area contributed by atoms with E-state index in [0.29, 0.717) is 11.5 Å². The van der Waals surface area contributed by atoms with Crippen molar-refractivity contribution in [2.24, 2.45) is 0 Å². The highest BCUT2D eigenvalue weighted by Gasteiger charge is 2.18. The molecule has 2 aromatic heterocycles. The highest BCUT2D eigenvalue weighted by molar-refractivity contribution is 5.68. The van der Waals surface area contributed by atoms with Gasteiger partial charge in [0.2, 0.25) is 5.95 Å². The monoisotopic (exact) mass is 425 g/mol. The van der Waals surface area contributed by atoms with Crippen LogP contribution < -0.4 is 15.0 Å². The van der Waals surface area contributed by atoms with Crippen molar-refractivity contribution in [2.75, 3.05) is 50.6 Å². The van der Waals surface area contributed by atoms with Crippen LogP contribution in [-0.2, 0) is 0 Å². The highest BCUT2D eigenvalue weighted by atomic mass is 19.1. The smallest absolute Gasteiger partial charge is 0.227 e. The number of likely N-dealkylation sites (N-methyl/N-ethyl adjacent to an activating group) is 1. The molecule has 0 atom stereocenters. The van der Waals surface area contributed by atoms with E-state index in [-0.39, 0.29) is 11.7 Å². The number of hydrogen-bond acceptors (Lipinski definition) is 7. The molecule has 31 heavy (non-hydrogen) atoms. The van der Waals surface area contributed by atoms with Gasteiger partial charge in [-0.3, -0.25) is 4.68 Å². The van der Waals surface area contributed by atoms with Gasteiger partial charge >= 0.3 is 0 Å². The van der Waals surface area contributed by atoms with Crippen molar-refractivity contribution in [1.29, 1.82) is 0 Å². The third kappa shape index (κ3) is 4.61. The zero-order chi connectivity index (χ0) is 22.0. The Labute approximate surface area is 181 Å². The summed E-state index contributed by atoms with van der Waals surface area (Å²) in [4.78, 5) is 13.1. The molecule has 0 bridgehead atoms. The minimum atomic E-state index is -0.489. The average Bonchev–Trinajstić information content (AvgIpc) is 3.26. The molecule has 1 aliphatic rings. The number of ether oxygens (including phenoxy) is 1. The van der Waals surface area contributed by atoms with Gasteiger partial charge in [0.1, 0.15) is 11.4 Å². The highest BCUT2D eigenvalue weighted by Crippen LogP contribution is 2.33. The van der Waals surface area contributed by atoms with Gasteiger partial charge in [-0.1, -0.05) is 0 Å². The Hall–Kier alpha value is -3.20. The number of rotatable bonds is 6. The number of methoxy groups -OCH3 is 1. The summed E-state index contributed by atoms with van der Waals surface area (Å²) in [5.74, 6) is 0.593. The molecular weight excluding hydrogens is 397 g/mol. The lowest BCUT2D eigenvalue weighted by atomic mass is 10.2. The Morgan fingerprint density at radius 3 is 2.58 bits per heavy atom. The van der Waals surface area contributed by atoms with Crippen LogP contribution in [0.15, 0.2) is 36.8 Å². The van der Waals surface area contributed by atoms with Crippen LogP contribution in [0.4, 0.5) is 21.7 Å². The fourth-order valence-electron chi connectivity index (χ4n) is 3.57. The fraction of sp³-hybridized carbons (Fsp3) is 0.409. The summed E-state index contributed by atoms with van der Waals surface area (Å²) in [5, 5.41) is 7.43. The zero-order valence-corrected chi connectivity index (χ0v) is 18.3. The number of benzene rings is 1. The van der Waals surface area contributed by atoms with Gasteiger partial charge in [-0.2, -0.15) is 5.10 Å². The molecule has 9 heteroatoms. The van der Waals surface area contributed by atoms with E-state index in [1.807, 2.05) is 32.0 Å². The molecular formula is C22H28FN7O. The number of halogens is 1. The molecule has 0 amide bonds. The Bertz CT molecular complexity index is 1040. The molecule has 3 heterocycles. The lowest BCUT2D eigenvalue weighted by Crippen LogP contribution is -2.44. The van der Waals surface area contributed by atoms with Gasteiger partial charge in [-0.15, -0.1) is 0 Å². The number of aromatic nitrogens is 4. The van der Waals surface area contributed by atoms with E-state index in [4.69, 9.17) is 4.74 Å². The predicted octanol–water partition coefficient (Wildman–Crippen LogP) is 3.56. The Balaban J connectivity index is 1.56. The van der Waals surface area contributed by atoms with Crippen molar-refractivity contribution < 1.29 is 9.13 Å². The minimum absolute atomic E-state index is 0.183. The molecule has 0 saturated carbocycles. The summed E-state index contributed by atoms with van der Waals surface area (Å²) in [7, 11) is 3.80. The maximum absolute atomic E-state index is 14.4. The van der Waals surface area contributed by atoms with Gasteiger partial charge < -0.3 is 19.9 Å². The first-order chi connectivity index (χ1) is 14.9. The molecule has 1 aliphatic heterocycles. The molecule has 4 rings (SSSR count). The van der Waals surface area contributed by atoms with Crippen LogP contribution in [0.25, 0.3) is 11.3 Å². The summed E-state index contributed by atoms with van der Waals surface area (Å²) in [6.07, 6.45) is 4.57. The first-order valence-corrected chi connectivity index (χ1v) is 10.4. The molecule has 0 aliphatic carbocycles. The van der Waals surface area contributed by atoms with Gasteiger partial charge in [0.15, 0.2) is 5.82 Å². The second kappa shape index (κ2) is 8.89. The Morgan fingerprint density at radius 1 is 1.13 bits per heavy atom. The van der Waals surface area contributed by atoms with Gasteiger partial charge in [-0.05, 0) is 33.0 Å². The maximum atomic E-state index is 14.4. The van der Waals surface area contributed by atoms with Crippen LogP contribution in [-0.4, -0.2) is 65.0 Å². The Kier molecular flexibility index (Phi) is 6.03. The van der Waals surface area contributed by atoms with Crippen LogP contribution in [0.5, 0.6) is 5.75 Å². The number of nitrogens with one attached hydrogen (secondary N) is 1. The summed E-state index contributed by atoms with van der Waals surface area (Å²) in [6, 6.07) is 6.09. The first-order valence-electron chi connectivity index (χ1n) is 10.4. The van der Waals surface area contributed by atoms with Crippen molar-refractivity contribution in [3.8, 4) is 17.0 Å². The van der Waals surface area contributed by atoms with Crippen LogP contribution in [0, 0.1) is 5.82 Å². The van der Waals surface area contributed by atoms with Gasteiger partial charge in [0, 0.05) is 55.7 Å². The van der Waals surface area contributed by atoms with Gasteiger partial charge in [-0.25, -0.2) is 14.4 Å². The number of hydrogen-bond donors (Lipinski definition) is 1. The topological polar surface area (TPSA) is 71.3 Å². The van der Waals surface area contributed by atoms with E-state index in [0.717, 1.165) is 43.3 Å². The van der Waals surface area contributed by atoms with Crippen molar-refractivity contribution >= 4 is 17.3 Å². The number of nitrogens with zero attached hydrogens (tertiary/aromatic N) is 6. The summed E-state index contributed by atoms with van der Waals surface area (Å²) in [6.45, 7) is 7.96. The van der Waals surface area contributed by atoms with Crippen LogP contribution in [0.2, 0.25) is 0 Å². The zero-order valence-electron chi connectivity index (χ0n) is 18.3. The number of anilines is 3. The predicted molar refractivity (Wildman–Crippen MR) is 120 cm³/mol. The summed E-state index contributed by atoms with van der Waals surface area (Å²) < 4.78 is 21.8. The molecule has 1 aromatic carbocycles. The van der Waals surface area contributed by atoms with Crippen molar-refractivity contribution in [2.45, 2.75) is 19.9 Å². The van der Waals surface area contributed by atoms with Gasteiger partial charge in [0.25, 0.3) is 0 Å². The van der Waals surface area contributed by atoms with E-state index < -0.39 is 5.82 Å². The minimum Gasteiger partial charge on any atom is -0.495 e. The van der Waals surface area contributed by atoms with Crippen LogP contribution in [0.1, 0.15) is 19.9 Å². The molecule has 1 fully saturated rings. The lowest BCUT2D eigenvalue weighted by molar-refractivity contribution is 0.311. The maximum Gasteiger partial charge on any atom is 0.227 e. The summed E-state index contributed by atoms with van der Waals surface area (Å²) in [5.41, 5.74) is 2.65. The third-order valence-corrected chi connectivity index (χ3v) is 5.43. The lowest BCUT2D eigenvalue weighted by Gasteiger charge is -2.34. The van der Waals surface area contributed by atoms with Gasteiger partial charge in [0.05, 0.1) is 25.2 Å². The second-order valence-corrected chi connectivity index (χ2v) is 7.99. The molecule has 0 spiro atoms. The molecule has 1 saturated heterocycles. The van der Waals surface area contributed by atoms with Crippen molar-refractivity contribution in [3.63, 3.8) is 0 Å². The third-order valence-electron chi connectivity index (χ3n) is 5.43. The summed E-state index contributed by atoms with van der Waals surface area (Å²) >= 11 is 0. The molecule has 8 nitrogen and oxygen atoms in total.